The first-order valence-corrected chi connectivity index (χ1v) is 15.0. The Kier molecular flexibility index (Phi) is 11.2. The molecule has 0 aliphatic rings. The van der Waals surface area contributed by atoms with Crippen LogP contribution in [0.25, 0.3) is 0 Å². The lowest BCUT2D eigenvalue weighted by Crippen LogP contribution is -2.53. The first-order chi connectivity index (χ1) is 17.8. The number of nitrogens with one attached hydrogen (secondary N) is 1. The molecule has 0 fully saturated rings. The van der Waals surface area contributed by atoms with Gasteiger partial charge in [0.1, 0.15) is 11.8 Å². The smallest absolute Gasteiger partial charge is 0.243 e. The zero-order valence-electron chi connectivity index (χ0n) is 23.8. The van der Waals surface area contributed by atoms with Gasteiger partial charge in [0.25, 0.3) is 0 Å². The van der Waals surface area contributed by atoms with E-state index in [4.69, 9.17) is 4.74 Å². The Morgan fingerprint density at radius 3 is 2.32 bits per heavy atom. The van der Waals surface area contributed by atoms with Gasteiger partial charge in [-0.1, -0.05) is 48.9 Å². The zero-order valence-corrected chi connectivity index (χ0v) is 24.6. The Hall–Kier alpha value is -3.07. The fourth-order valence-corrected chi connectivity index (χ4v) is 5.27. The maximum atomic E-state index is 13.6. The minimum absolute atomic E-state index is 0.0912. The number of hydrogen-bond donors (Lipinski definition) is 1. The number of sulfonamides is 1. The fourth-order valence-electron chi connectivity index (χ4n) is 4.30. The average Bonchev–Trinajstić information content (AvgIpc) is 2.80. The predicted molar refractivity (Wildman–Crippen MR) is 153 cm³/mol. The van der Waals surface area contributed by atoms with Gasteiger partial charge in [-0.25, -0.2) is 8.42 Å². The van der Waals surface area contributed by atoms with Crippen LogP contribution < -0.4 is 14.4 Å². The Morgan fingerprint density at radius 1 is 1.05 bits per heavy atom. The summed E-state index contributed by atoms with van der Waals surface area (Å²) in [5.74, 6) is 0.0658. The molecule has 0 bridgehead atoms. The molecule has 0 heterocycles. The molecule has 210 valence electrons. The largest absolute Gasteiger partial charge is 0.492 e. The highest BCUT2D eigenvalue weighted by atomic mass is 32.2. The number of carbonyl (C=O) groups is 2. The molecule has 0 aliphatic heterocycles. The number of rotatable bonds is 13. The van der Waals surface area contributed by atoms with Crippen LogP contribution in [0.2, 0.25) is 0 Å². The molecule has 0 spiro atoms. The molecule has 0 aliphatic carbocycles. The molecule has 9 heteroatoms. The number of ether oxygens (including phenoxy) is 1. The van der Waals surface area contributed by atoms with Gasteiger partial charge >= 0.3 is 0 Å². The molecule has 1 N–H and O–H groups in total. The molecule has 2 aromatic carbocycles. The SMILES string of the molecule is CCOc1ccccc1N(CCCC(=O)N(Cc1cccc(C)c1)[C@@H](CC)C(=O)NC(C)(C)C)S(C)(=O)=O. The zero-order chi connectivity index (χ0) is 28.5. The van der Waals surface area contributed by atoms with Crippen molar-refractivity contribution in [3.05, 3.63) is 59.7 Å². The fraction of sp³-hybridized carbons (Fsp3) is 0.517. The highest BCUT2D eigenvalue weighted by molar-refractivity contribution is 7.92. The minimum atomic E-state index is -3.62. The molecule has 0 saturated carbocycles. The van der Waals surface area contributed by atoms with Crippen molar-refractivity contribution in [3.8, 4) is 5.75 Å². The quantitative estimate of drug-likeness (QED) is 0.395. The Morgan fingerprint density at radius 2 is 1.74 bits per heavy atom. The van der Waals surface area contributed by atoms with Crippen LogP contribution in [0, 0.1) is 6.92 Å². The van der Waals surface area contributed by atoms with Gasteiger partial charge in [-0.05, 0) is 65.2 Å². The van der Waals surface area contributed by atoms with Crippen molar-refractivity contribution in [3.63, 3.8) is 0 Å². The second-order valence-electron chi connectivity index (χ2n) is 10.5. The highest BCUT2D eigenvalue weighted by Crippen LogP contribution is 2.30. The molecule has 38 heavy (non-hydrogen) atoms. The van der Waals surface area contributed by atoms with E-state index in [9.17, 15) is 18.0 Å². The van der Waals surface area contributed by atoms with Crippen LogP contribution in [0.15, 0.2) is 48.5 Å². The van der Waals surface area contributed by atoms with Crippen molar-refractivity contribution in [1.82, 2.24) is 10.2 Å². The van der Waals surface area contributed by atoms with E-state index in [0.29, 0.717) is 31.0 Å². The van der Waals surface area contributed by atoms with Crippen LogP contribution >= 0.6 is 0 Å². The summed E-state index contributed by atoms with van der Waals surface area (Å²) in [5, 5.41) is 3.00. The van der Waals surface area contributed by atoms with Gasteiger partial charge in [0.15, 0.2) is 0 Å². The van der Waals surface area contributed by atoms with E-state index >= 15 is 0 Å². The van der Waals surface area contributed by atoms with E-state index in [0.717, 1.165) is 17.4 Å². The Bertz CT molecular complexity index is 1190. The van der Waals surface area contributed by atoms with Crippen LogP contribution in [0.4, 0.5) is 5.69 Å². The number of benzene rings is 2. The van der Waals surface area contributed by atoms with E-state index in [-0.39, 0.29) is 31.2 Å². The summed E-state index contributed by atoms with van der Waals surface area (Å²) in [6.45, 7) is 12.2. The van der Waals surface area contributed by atoms with Gasteiger partial charge in [-0.3, -0.25) is 13.9 Å². The third-order valence-corrected chi connectivity index (χ3v) is 7.09. The molecule has 2 aromatic rings. The second-order valence-corrected chi connectivity index (χ2v) is 12.4. The van der Waals surface area contributed by atoms with E-state index in [1.165, 1.54) is 4.31 Å². The summed E-state index contributed by atoms with van der Waals surface area (Å²) in [5.41, 5.74) is 2.01. The normalized spacial score (nSPS) is 12.5. The first kappa shape index (κ1) is 31.1. The van der Waals surface area contributed by atoms with Crippen molar-refractivity contribution >= 4 is 27.5 Å². The number of anilines is 1. The lowest BCUT2D eigenvalue weighted by Gasteiger charge is -2.33. The van der Waals surface area contributed by atoms with Gasteiger partial charge in [-0.2, -0.15) is 0 Å². The van der Waals surface area contributed by atoms with Gasteiger partial charge in [0.05, 0.1) is 18.6 Å². The number of nitrogens with zero attached hydrogens (tertiary/aromatic N) is 2. The standard InChI is InChI=1S/C29H43N3O5S/c1-8-24(28(34)30-29(4,5)6)31(21-23-15-12-14-22(3)20-23)27(33)18-13-19-32(38(7,35)36)25-16-10-11-17-26(25)37-9-2/h10-12,14-17,20,24H,8-9,13,18-19,21H2,1-7H3,(H,30,34)/t24-/m0/s1. The van der Waals surface area contributed by atoms with Crippen LogP contribution in [-0.2, 0) is 26.2 Å². The third kappa shape index (κ3) is 9.35. The molecular weight excluding hydrogens is 502 g/mol. The third-order valence-electron chi connectivity index (χ3n) is 5.91. The Balaban J connectivity index is 2.28. The summed E-state index contributed by atoms with van der Waals surface area (Å²) in [7, 11) is -3.62. The number of aryl methyl sites for hydroxylation is 1. The molecule has 1 atom stereocenters. The summed E-state index contributed by atoms with van der Waals surface area (Å²) in [6, 6.07) is 14.2. The maximum absolute atomic E-state index is 13.6. The maximum Gasteiger partial charge on any atom is 0.243 e. The van der Waals surface area contributed by atoms with Crippen LogP contribution in [0.1, 0.15) is 65.0 Å². The summed E-state index contributed by atoms with van der Waals surface area (Å²) >= 11 is 0. The lowest BCUT2D eigenvalue weighted by molar-refractivity contribution is -0.142. The molecule has 0 radical (unpaired) electrons. The number of carbonyl (C=O) groups excluding carboxylic acids is 2. The van der Waals surface area contributed by atoms with Gasteiger partial charge in [-0.15, -0.1) is 0 Å². The lowest BCUT2D eigenvalue weighted by atomic mass is 10.0. The minimum Gasteiger partial charge on any atom is -0.492 e. The monoisotopic (exact) mass is 545 g/mol. The summed E-state index contributed by atoms with van der Waals surface area (Å²) in [4.78, 5) is 28.4. The molecule has 0 aromatic heterocycles. The van der Waals surface area contributed by atoms with Crippen molar-refractivity contribution < 1.29 is 22.7 Å². The van der Waals surface area contributed by atoms with Crippen molar-refractivity contribution in [2.75, 3.05) is 23.7 Å². The molecule has 8 nitrogen and oxygen atoms in total. The van der Waals surface area contributed by atoms with Gasteiger partial charge in [0.2, 0.25) is 21.8 Å². The van der Waals surface area contributed by atoms with Crippen LogP contribution in [-0.4, -0.2) is 56.1 Å². The summed E-state index contributed by atoms with van der Waals surface area (Å²) in [6.07, 6.45) is 1.98. The van der Waals surface area contributed by atoms with Crippen LogP contribution in [0.5, 0.6) is 5.75 Å². The van der Waals surface area contributed by atoms with Gasteiger partial charge < -0.3 is 15.0 Å². The topological polar surface area (TPSA) is 96.0 Å². The number of hydrogen-bond acceptors (Lipinski definition) is 5. The molecule has 0 unspecified atom stereocenters. The molecule has 2 amide bonds. The number of amides is 2. The molecule has 0 saturated heterocycles. The first-order valence-electron chi connectivity index (χ1n) is 13.1. The summed E-state index contributed by atoms with van der Waals surface area (Å²) < 4.78 is 32.3. The average molecular weight is 546 g/mol. The van der Waals surface area contributed by atoms with Crippen LogP contribution in [0.3, 0.4) is 0 Å². The highest BCUT2D eigenvalue weighted by Gasteiger charge is 2.31. The second kappa shape index (κ2) is 13.6. The predicted octanol–water partition coefficient (Wildman–Crippen LogP) is 4.66. The van der Waals surface area contributed by atoms with Crippen molar-refractivity contribution in [2.45, 2.75) is 78.9 Å². The van der Waals surface area contributed by atoms with Gasteiger partial charge in [0, 0.05) is 25.0 Å². The van der Waals surface area contributed by atoms with E-state index in [1.807, 2.05) is 65.8 Å². The van der Waals surface area contributed by atoms with Crippen molar-refractivity contribution in [1.29, 1.82) is 0 Å². The van der Waals surface area contributed by atoms with E-state index < -0.39 is 21.6 Å². The Labute approximate surface area is 228 Å². The van der Waals surface area contributed by atoms with Crippen molar-refractivity contribution in [2.24, 2.45) is 0 Å². The van der Waals surface area contributed by atoms with E-state index in [1.54, 1.807) is 29.2 Å². The van der Waals surface area contributed by atoms with E-state index in [2.05, 4.69) is 5.32 Å². The number of para-hydroxylation sites is 2. The molecule has 2 rings (SSSR count). The molecular formula is C29H43N3O5S.